The third-order valence-electron chi connectivity index (χ3n) is 2.50. The Morgan fingerprint density at radius 1 is 1.50 bits per heavy atom. The second-order valence-electron chi connectivity index (χ2n) is 4.24. The van der Waals surface area contributed by atoms with Crippen molar-refractivity contribution in [2.45, 2.75) is 19.4 Å². The van der Waals surface area contributed by atoms with E-state index in [9.17, 15) is 9.90 Å². The quantitative estimate of drug-likeness (QED) is 0.907. The summed E-state index contributed by atoms with van der Waals surface area (Å²) in [6.45, 7) is 1.98. The van der Waals surface area contributed by atoms with Crippen molar-refractivity contribution < 1.29 is 14.6 Å². The fourth-order valence-electron chi connectivity index (χ4n) is 1.45. The van der Waals surface area contributed by atoms with Crippen molar-refractivity contribution in [3.8, 4) is 5.75 Å². The van der Waals surface area contributed by atoms with Gasteiger partial charge in [-0.3, -0.25) is 4.79 Å². The van der Waals surface area contributed by atoms with Crippen molar-refractivity contribution in [2.75, 3.05) is 20.7 Å². The first-order valence-corrected chi connectivity index (χ1v) is 6.51. The van der Waals surface area contributed by atoms with Crippen LogP contribution < -0.4 is 4.74 Å². The summed E-state index contributed by atoms with van der Waals surface area (Å²) in [5, 5.41) is 9.62. The van der Waals surface area contributed by atoms with Gasteiger partial charge in [0, 0.05) is 24.1 Å². The zero-order chi connectivity index (χ0) is 13.7. The average Bonchev–Trinajstić information content (AvgIpc) is 2.28. The lowest BCUT2D eigenvalue weighted by atomic mass is 10.1. The minimum atomic E-state index is -0.599. The van der Waals surface area contributed by atoms with Crippen molar-refractivity contribution >= 4 is 21.8 Å². The number of amides is 1. The molecule has 1 aromatic rings. The van der Waals surface area contributed by atoms with Crippen LogP contribution in [0.3, 0.4) is 0 Å². The lowest BCUT2D eigenvalue weighted by molar-refractivity contribution is -0.129. The van der Waals surface area contributed by atoms with Gasteiger partial charge < -0.3 is 14.7 Å². The van der Waals surface area contributed by atoms with Gasteiger partial charge in [0.1, 0.15) is 5.75 Å². The SMILES string of the molecule is C[C@@H](O)c1ccc(Br)cc1OCCC(=O)N(C)C. The first-order chi connectivity index (χ1) is 8.41. The first-order valence-electron chi connectivity index (χ1n) is 5.72. The number of hydrogen-bond donors (Lipinski definition) is 1. The molecule has 0 bridgehead atoms. The molecule has 4 nitrogen and oxygen atoms in total. The zero-order valence-electron chi connectivity index (χ0n) is 10.8. The van der Waals surface area contributed by atoms with E-state index in [1.807, 2.05) is 6.07 Å². The fraction of sp³-hybridized carbons (Fsp3) is 0.462. The Balaban J connectivity index is 2.66. The van der Waals surface area contributed by atoms with Gasteiger partial charge in [0.2, 0.25) is 5.91 Å². The van der Waals surface area contributed by atoms with Gasteiger partial charge in [0.15, 0.2) is 0 Å². The molecular formula is C13H18BrNO3. The molecule has 1 atom stereocenters. The zero-order valence-corrected chi connectivity index (χ0v) is 12.4. The lowest BCUT2D eigenvalue weighted by Crippen LogP contribution is -2.23. The number of ether oxygens (including phenoxy) is 1. The minimum Gasteiger partial charge on any atom is -0.493 e. The third kappa shape index (κ3) is 4.31. The van der Waals surface area contributed by atoms with E-state index in [2.05, 4.69) is 15.9 Å². The maximum atomic E-state index is 11.4. The van der Waals surface area contributed by atoms with Gasteiger partial charge in [0.05, 0.1) is 19.1 Å². The van der Waals surface area contributed by atoms with Crippen LogP contribution in [0.1, 0.15) is 25.0 Å². The Bertz CT molecular complexity index is 419. The number of aliphatic hydroxyl groups excluding tert-OH is 1. The molecule has 5 heteroatoms. The number of halogens is 1. The number of benzene rings is 1. The fourth-order valence-corrected chi connectivity index (χ4v) is 1.79. The number of hydrogen-bond acceptors (Lipinski definition) is 3. The topological polar surface area (TPSA) is 49.8 Å². The van der Waals surface area contributed by atoms with Gasteiger partial charge in [-0.05, 0) is 19.1 Å². The number of carbonyl (C=O) groups excluding carboxylic acids is 1. The van der Waals surface area contributed by atoms with Crippen LogP contribution in [0.4, 0.5) is 0 Å². The minimum absolute atomic E-state index is 0.0172. The second kappa shape index (κ2) is 6.75. The van der Waals surface area contributed by atoms with Crippen LogP contribution in [0, 0.1) is 0 Å². The van der Waals surface area contributed by atoms with Crippen LogP contribution in [-0.4, -0.2) is 36.6 Å². The number of aliphatic hydroxyl groups is 1. The number of rotatable bonds is 5. The van der Waals surface area contributed by atoms with Crippen LogP contribution in [0.25, 0.3) is 0 Å². The molecule has 0 radical (unpaired) electrons. The molecule has 0 saturated carbocycles. The molecule has 0 aliphatic carbocycles. The summed E-state index contributed by atoms with van der Waals surface area (Å²) in [5.74, 6) is 0.620. The van der Waals surface area contributed by atoms with Crippen molar-refractivity contribution in [3.05, 3.63) is 28.2 Å². The van der Waals surface area contributed by atoms with Gasteiger partial charge in [-0.1, -0.05) is 22.0 Å². The molecule has 1 amide bonds. The van der Waals surface area contributed by atoms with Crippen LogP contribution in [0.15, 0.2) is 22.7 Å². The summed E-state index contributed by atoms with van der Waals surface area (Å²) < 4.78 is 6.44. The Morgan fingerprint density at radius 3 is 2.72 bits per heavy atom. The molecule has 0 heterocycles. The molecule has 1 aromatic carbocycles. The van der Waals surface area contributed by atoms with Crippen LogP contribution in [-0.2, 0) is 4.79 Å². The molecule has 0 saturated heterocycles. The van der Waals surface area contributed by atoms with Gasteiger partial charge >= 0.3 is 0 Å². The second-order valence-corrected chi connectivity index (χ2v) is 5.16. The monoisotopic (exact) mass is 315 g/mol. The van der Waals surface area contributed by atoms with Gasteiger partial charge in [0.25, 0.3) is 0 Å². The molecule has 0 aromatic heterocycles. The summed E-state index contributed by atoms with van der Waals surface area (Å²) in [4.78, 5) is 12.9. The van der Waals surface area contributed by atoms with Crippen molar-refractivity contribution in [3.63, 3.8) is 0 Å². The summed E-state index contributed by atoms with van der Waals surface area (Å²) in [6, 6.07) is 5.44. The Kier molecular flexibility index (Phi) is 5.62. The molecule has 18 heavy (non-hydrogen) atoms. The molecule has 0 aliphatic rings. The Hall–Kier alpha value is -1.07. The molecule has 1 N–H and O–H groups in total. The average molecular weight is 316 g/mol. The van der Waals surface area contributed by atoms with E-state index >= 15 is 0 Å². The molecule has 1 rings (SSSR count). The Morgan fingerprint density at radius 2 is 2.17 bits per heavy atom. The molecule has 0 unspecified atom stereocenters. The van der Waals surface area contributed by atoms with E-state index in [4.69, 9.17) is 4.74 Å². The maximum absolute atomic E-state index is 11.4. The maximum Gasteiger partial charge on any atom is 0.225 e. The molecular weight excluding hydrogens is 298 g/mol. The Labute approximate surface area is 116 Å². The van der Waals surface area contributed by atoms with E-state index < -0.39 is 6.10 Å². The predicted molar refractivity (Wildman–Crippen MR) is 73.6 cm³/mol. The van der Waals surface area contributed by atoms with E-state index in [1.54, 1.807) is 33.2 Å². The summed E-state index contributed by atoms with van der Waals surface area (Å²) in [5.41, 5.74) is 0.718. The van der Waals surface area contributed by atoms with Crippen LogP contribution >= 0.6 is 15.9 Å². The van der Waals surface area contributed by atoms with E-state index in [1.165, 1.54) is 4.90 Å². The van der Waals surface area contributed by atoms with Gasteiger partial charge in [-0.15, -0.1) is 0 Å². The van der Waals surface area contributed by atoms with Crippen LogP contribution in [0.5, 0.6) is 5.75 Å². The lowest BCUT2D eigenvalue weighted by Gasteiger charge is -2.15. The highest BCUT2D eigenvalue weighted by Crippen LogP contribution is 2.28. The third-order valence-corrected chi connectivity index (χ3v) is 2.99. The molecule has 0 spiro atoms. The number of nitrogens with zero attached hydrogens (tertiary/aromatic N) is 1. The largest absolute Gasteiger partial charge is 0.493 e. The molecule has 100 valence electrons. The highest BCUT2D eigenvalue weighted by molar-refractivity contribution is 9.10. The number of carbonyl (C=O) groups is 1. The normalized spacial score (nSPS) is 12.1. The van der Waals surface area contributed by atoms with Crippen molar-refractivity contribution in [1.82, 2.24) is 4.90 Å². The van der Waals surface area contributed by atoms with E-state index in [-0.39, 0.29) is 5.91 Å². The first kappa shape index (κ1) is 15.0. The highest BCUT2D eigenvalue weighted by Gasteiger charge is 2.11. The molecule has 0 aliphatic heterocycles. The van der Waals surface area contributed by atoms with E-state index in [0.717, 1.165) is 10.0 Å². The van der Waals surface area contributed by atoms with Gasteiger partial charge in [-0.2, -0.15) is 0 Å². The van der Waals surface area contributed by atoms with Crippen LogP contribution in [0.2, 0.25) is 0 Å². The summed E-state index contributed by atoms with van der Waals surface area (Å²) >= 11 is 3.35. The van der Waals surface area contributed by atoms with Gasteiger partial charge in [-0.25, -0.2) is 0 Å². The van der Waals surface area contributed by atoms with Crippen molar-refractivity contribution in [1.29, 1.82) is 0 Å². The predicted octanol–water partition coefficient (Wildman–Crippen LogP) is 2.36. The molecule has 0 fully saturated rings. The summed E-state index contributed by atoms with van der Waals surface area (Å²) in [7, 11) is 3.42. The van der Waals surface area contributed by atoms with Crippen molar-refractivity contribution in [2.24, 2.45) is 0 Å². The van der Waals surface area contributed by atoms with E-state index in [0.29, 0.717) is 18.8 Å². The smallest absolute Gasteiger partial charge is 0.225 e. The highest BCUT2D eigenvalue weighted by atomic mass is 79.9. The summed E-state index contributed by atoms with van der Waals surface area (Å²) in [6.07, 6.45) is -0.281. The standard InChI is InChI=1S/C13H18BrNO3/c1-9(16)11-5-4-10(14)8-12(11)18-7-6-13(17)15(2)3/h4-5,8-9,16H,6-7H2,1-3H3/t9-/m1/s1.